The first kappa shape index (κ1) is 21.8. The Balaban J connectivity index is 1.31. The van der Waals surface area contributed by atoms with Crippen LogP contribution in [0.3, 0.4) is 0 Å². The smallest absolute Gasteiger partial charge is 0.328 e. The molecule has 168 valence electrons. The lowest BCUT2D eigenvalue weighted by molar-refractivity contribution is -0.150. The molecule has 1 aliphatic carbocycles. The first-order valence-electron chi connectivity index (χ1n) is 10.7. The zero-order valence-corrected chi connectivity index (χ0v) is 17.9. The molecule has 0 unspecified atom stereocenters. The molecule has 32 heavy (non-hydrogen) atoms. The van der Waals surface area contributed by atoms with E-state index in [2.05, 4.69) is 5.32 Å². The van der Waals surface area contributed by atoms with Gasteiger partial charge in [0.25, 0.3) is 5.91 Å². The zero-order valence-electron chi connectivity index (χ0n) is 17.9. The van der Waals surface area contributed by atoms with E-state index in [0.29, 0.717) is 30.0 Å². The molecule has 2 aromatic carbocycles. The second kappa shape index (κ2) is 9.82. The summed E-state index contributed by atoms with van der Waals surface area (Å²) in [7, 11) is 1.30. The molecule has 0 bridgehead atoms. The van der Waals surface area contributed by atoms with Gasteiger partial charge in [0.2, 0.25) is 5.91 Å². The molecule has 1 saturated heterocycles. The molecule has 0 aromatic heterocycles. The summed E-state index contributed by atoms with van der Waals surface area (Å²) in [6.45, 7) is 0.0984. The van der Waals surface area contributed by atoms with Crippen LogP contribution in [-0.4, -0.2) is 61.1 Å². The van der Waals surface area contributed by atoms with Gasteiger partial charge in [-0.05, 0) is 49.2 Å². The lowest BCUT2D eigenvalue weighted by Gasteiger charge is -2.22. The Hall–Kier alpha value is -3.39. The highest BCUT2D eigenvalue weighted by Gasteiger charge is 2.42. The van der Waals surface area contributed by atoms with Crippen molar-refractivity contribution in [1.29, 1.82) is 0 Å². The maximum absolute atomic E-state index is 12.7. The minimum atomic E-state index is -0.692. The molecule has 1 aliphatic heterocycles. The molecule has 8 nitrogen and oxygen atoms in total. The topological polar surface area (TPSA) is 94.2 Å². The number of benzene rings is 2. The standard InChI is InChI=1S/C24H26N2O6/c1-30-24(29)21-13-20(32-19-11-12-19)15-26(21)22(27)14-25-23(28)16-7-9-18(10-8-16)31-17-5-3-2-4-6-17/h2-10,19-21H,11-15H2,1H3,(H,25,28)/t20-,21+/m1/s1. The predicted molar refractivity (Wildman–Crippen MR) is 115 cm³/mol. The van der Waals surface area contributed by atoms with Crippen molar-refractivity contribution in [3.8, 4) is 11.5 Å². The van der Waals surface area contributed by atoms with Gasteiger partial charge in [0, 0.05) is 18.5 Å². The molecular weight excluding hydrogens is 412 g/mol. The summed E-state index contributed by atoms with van der Waals surface area (Å²) in [4.78, 5) is 38.8. The van der Waals surface area contributed by atoms with E-state index in [1.165, 1.54) is 12.0 Å². The molecule has 2 fully saturated rings. The van der Waals surface area contributed by atoms with Crippen LogP contribution in [0.25, 0.3) is 0 Å². The van der Waals surface area contributed by atoms with Crippen LogP contribution in [0.2, 0.25) is 0 Å². The number of amides is 2. The molecule has 1 heterocycles. The molecule has 2 aromatic rings. The van der Waals surface area contributed by atoms with E-state index >= 15 is 0 Å². The summed E-state index contributed by atoms with van der Waals surface area (Å²) in [6, 6.07) is 15.3. The lowest BCUT2D eigenvalue weighted by atomic mass is 10.2. The number of ether oxygens (including phenoxy) is 3. The fraction of sp³-hybridized carbons (Fsp3) is 0.375. The highest BCUT2D eigenvalue weighted by Crippen LogP contribution is 2.30. The van der Waals surface area contributed by atoms with Gasteiger partial charge in [-0.15, -0.1) is 0 Å². The summed E-state index contributed by atoms with van der Waals surface area (Å²) in [5.74, 6) is 0.0954. The maximum atomic E-state index is 12.7. The van der Waals surface area contributed by atoms with E-state index in [4.69, 9.17) is 14.2 Å². The van der Waals surface area contributed by atoms with Crippen molar-refractivity contribution in [2.24, 2.45) is 0 Å². The van der Waals surface area contributed by atoms with Gasteiger partial charge in [-0.2, -0.15) is 0 Å². The van der Waals surface area contributed by atoms with E-state index in [0.717, 1.165) is 12.8 Å². The molecule has 1 saturated carbocycles. The number of nitrogens with zero attached hydrogens (tertiary/aromatic N) is 1. The maximum Gasteiger partial charge on any atom is 0.328 e. The first-order chi connectivity index (χ1) is 15.5. The SMILES string of the molecule is COC(=O)[C@@H]1C[C@@H](OC2CC2)CN1C(=O)CNC(=O)c1ccc(Oc2ccccc2)cc1. The number of methoxy groups -OCH3 is 1. The zero-order chi connectivity index (χ0) is 22.5. The summed E-state index contributed by atoms with van der Waals surface area (Å²) in [5, 5.41) is 2.63. The summed E-state index contributed by atoms with van der Waals surface area (Å²) in [6.07, 6.45) is 2.47. The molecule has 8 heteroatoms. The van der Waals surface area contributed by atoms with Crippen molar-refractivity contribution in [3.63, 3.8) is 0 Å². The number of esters is 1. The molecule has 1 N–H and O–H groups in total. The van der Waals surface area contributed by atoms with Crippen LogP contribution in [0.5, 0.6) is 11.5 Å². The number of carbonyl (C=O) groups is 3. The Kier molecular flexibility index (Phi) is 6.70. The molecular formula is C24H26N2O6. The van der Waals surface area contributed by atoms with Crippen LogP contribution in [0.1, 0.15) is 29.6 Å². The van der Waals surface area contributed by atoms with Gasteiger partial charge in [-0.1, -0.05) is 18.2 Å². The second-order valence-electron chi connectivity index (χ2n) is 7.90. The average molecular weight is 438 g/mol. The van der Waals surface area contributed by atoms with E-state index in [-0.39, 0.29) is 30.6 Å². The number of likely N-dealkylation sites (tertiary alicyclic amines) is 1. The van der Waals surface area contributed by atoms with Gasteiger partial charge in [0.05, 0.1) is 25.9 Å². The van der Waals surface area contributed by atoms with Crippen molar-refractivity contribution < 1.29 is 28.6 Å². The van der Waals surface area contributed by atoms with E-state index in [1.807, 2.05) is 30.3 Å². The minimum Gasteiger partial charge on any atom is -0.467 e. The molecule has 2 aliphatic rings. The van der Waals surface area contributed by atoms with Crippen molar-refractivity contribution >= 4 is 17.8 Å². The van der Waals surface area contributed by atoms with Gasteiger partial charge >= 0.3 is 5.97 Å². The van der Waals surface area contributed by atoms with Gasteiger partial charge in [0.15, 0.2) is 0 Å². The Labute approximate surface area is 186 Å². The normalized spacial score (nSPS) is 20.0. The summed E-state index contributed by atoms with van der Waals surface area (Å²) in [5.41, 5.74) is 0.402. The van der Waals surface area contributed by atoms with Crippen LogP contribution in [0.4, 0.5) is 0 Å². The van der Waals surface area contributed by atoms with E-state index < -0.39 is 12.0 Å². The number of hydrogen-bond acceptors (Lipinski definition) is 6. The third-order valence-electron chi connectivity index (χ3n) is 5.46. The quantitative estimate of drug-likeness (QED) is 0.637. The summed E-state index contributed by atoms with van der Waals surface area (Å²) < 4.78 is 16.4. The molecule has 0 radical (unpaired) electrons. The summed E-state index contributed by atoms with van der Waals surface area (Å²) >= 11 is 0. The van der Waals surface area contributed by atoms with Crippen LogP contribution in [0, 0.1) is 0 Å². The number of nitrogens with one attached hydrogen (secondary N) is 1. The van der Waals surface area contributed by atoms with Gasteiger partial charge in [-0.3, -0.25) is 9.59 Å². The van der Waals surface area contributed by atoms with Gasteiger partial charge in [-0.25, -0.2) is 4.79 Å². The number of carbonyl (C=O) groups excluding carboxylic acids is 3. The fourth-order valence-corrected chi connectivity index (χ4v) is 3.67. The van der Waals surface area contributed by atoms with Crippen molar-refractivity contribution in [2.75, 3.05) is 20.2 Å². The van der Waals surface area contributed by atoms with Gasteiger partial charge in [0.1, 0.15) is 17.5 Å². The second-order valence-corrected chi connectivity index (χ2v) is 7.90. The van der Waals surface area contributed by atoms with Crippen molar-refractivity contribution in [3.05, 3.63) is 60.2 Å². The minimum absolute atomic E-state index is 0.191. The third-order valence-corrected chi connectivity index (χ3v) is 5.46. The largest absolute Gasteiger partial charge is 0.467 e. The number of hydrogen-bond donors (Lipinski definition) is 1. The molecule has 2 amide bonds. The Bertz CT molecular complexity index is 958. The fourth-order valence-electron chi connectivity index (χ4n) is 3.67. The van der Waals surface area contributed by atoms with Crippen molar-refractivity contribution in [1.82, 2.24) is 10.2 Å². The lowest BCUT2D eigenvalue weighted by Crippen LogP contribution is -2.46. The third kappa shape index (κ3) is 5.45. The highest BCUT2D eigenvalue weighted by atomic mass is 16.5. The Morgan fingerprint density at radius 1 is 0.969 bits per heavy atom. The average Bonchev–Trinajstić information content (AvgIpc) is 3.53. The monoisotopic (exact) mass is 438 g/mol. The Morgan fingerprint density at radius 2 is 1.66 bits per heavy atom. The van der Waals surface area contributed by atoms with Crippen LogP contribution >= 0.6 is 0 Å². The molecule has 0 spiro atoms. The highest BCUT2D eigenvalue weighted by molar-refractivity contribution is 5.97. The molecule has 2 atom stereocenters. The van der Waals surface area contributed by atoms with E-state index in [1.54, 1.807) is 24.3 Å². The van der Waals surface area contributed by atoms with Crippen LogP contribution < -0.4 is 10.1 Å². The van der Waals surface area contributed by atoms with Crippen molar-refractivity contribution in [2.45, 2.75) is 37.5 Å². The van der Waals surface area contributed by atoms with Gasteiger partial charge < -0.3 is 24.4 Å². The predicted octanol–water partition coefficient (Wildman–Crippen LogP) is 2.53. The van der Waals surface area contributed by atoms with Crippen LogP contribution in [-0.2, 0) is 19.1 Å². The first-order valence-corrected chi connectivity index (χ1v) is 10.7. The number of rotatable bonds is 8. The van der Waals surface area contributed by atoms with Crippen LogP contribution in [0.15, 0.2) is 54.6 Å². The van der Waals surface area contributed by atoms with E-state index in [9.17, 15) is 14.4 Å². The number of para-hydroxylation sites is 1. The Morgan fingerprint density at radius 3 is 2.31 bits per heavy atom. The molecule has 4 rings (SSSR count).